The fourth-order valence-corrected chi connectivity index (χ4v) is 2.02. The highest BCUT2D eigenvalue weighted by atomic mass is 14.9. The molecule has 0 aliphatic rings. The van der Waals surface area contributed by atoms with Crippen molar-refractivity contribution in [2.75, 3.05) is 7.05 Å². The number of rotatable bonds is 5. The topological polar surface area (TPSA) is 24.9 Å². The Hall–Kier alpha value is -1.67. The van der Waals surface area contributed by atoms with Gasteiger partial charge >= 0.3 is 0 Å². The fraction of sp³-hybridized carbons (Fsp3) is 0.267. The highest BCUT2D eigenvalue weighted by Crippen LogP contribution is 2.18. The molecule has 0 bridgehead atoms. The Bertz CT molecular complexity index is 425. The Morgan fingerprint density at radius 2 is 1.94 bits per heavy atom. The molecule has 1 unspecified atom stereocenters. The van der Waals surface area contributed by atoms with Gasteiger partial charge in [-0.05, 0) is 37.1 Å². The van der Waals surface area contributed by atoms with E-state index in [0.29, 0.717) is 6.04 Å². The van der Waals surface area contributed by atoms with E-state index in [1.807, 2.05) is 25.5 Å². The van der Waals surface area contributed by atoms with Crippen LogP contribution < -0.4 is 5.32 Å². The average molecular weight is 226 g/mol. The number of aromatic nitrogens is 1. The van der Waals surface area contributed by atoms with Crippen molar-refractivity contribution in [2.24, 2.45) is 0 Å². The molecular formula is C15H18N2. The Morgan fingerprint density at radius 3 is 2.59 bits per heavy atom. The largest absolute Gasteiger partial charge is 0.313 e. The first-order chi connectivity index (χ1) is 8.40. The Labute approximate surface area is 103 Å². The smallest absolute Gasteiger partial charge is 0.0320 e. The van der Waals surface area contributed by atoms with Crippen LogP contribution in [0.5, 0.6) is 0 Å². The lowest BCUT2D eigenvalue weighted by atomic mass is 10.00. The van der Waals surface area contributed by atoms with Gasteiger partial charge in [0.05, 0.1) is 0 Å². The zero-order valence-corrected chi connectivity index (χ0v) is 10.1. The molecule has 0 saturated carbocycles. The summed E-state index contributed by atoms with van der Waals surface area (Å²) in [5, 5.41) is 3.37. The molecule has 2 rings (SSSR count). The first-order valence-electron chi connectivity index (χ1n) is 6.01. The molecule has 0 aliphatic carbocycles. The van der Waals surface area contributed by atoms with Crippen LogP contribution in [0.25, 0.3) is 0 Å². The number of hydrogen-bond acceptors (Lipinski definition) is 2. The summed E-state index contributed by atoms with van der Waals surface area (Å²) in [5.74, 6) is 0. The van der Waals surface area contributed by atoms with Gasteiger partial charge in [-0.3, -0.25) is 4.98 Å². The predicted molar refractivity (Wildman–Crippen MR) is 70.8 cm³/mol. The van der Waals surface area contributed by atoms with Crippen LogP contribution in [-0.4, -0.2) is 12.0 Å². The number of aryl methyl sites for hydroxylation is 1. The number of nitrogens with one attached hydrogen (secondary N) is 1. The molecule has 1 atom stereocenters. The van der Waals surface area contributed by atoms with Gasteiger partial charge in [0.25, 0.3) is 0 Å². The van der Waals surface area contributed by atoms with Crippen molar-refractivity contribution in [2.45, 2.75) is 18.9 Å². The summed E-state index contributed by atoms with van der Waals surface area (Å²) in [4.78, 5) is 4.14. The Morgan fingerprint density at radius 1 is 1.12 bits per heavy atom. The van der Waals surface area contributed by atoms with Crippen molar-refractivity contribution in [3.05, 3.63) is 66.0 Å². The summed E-state index contributed by atoms with van der Waals surface area (Å²) in [7, 11) is 2.01. The van der Waals surface area contributed by atoms with Crippen molar-refractivity contribution in [3.8, 4) is 0 Å². The molecule has 1 aromatic heterocycles. The van der Waals surface area contributed by atoms with Gasteiger partial charge in [-0.1, -0.05) is 36.4 Å². The first kappa shape index (κ1) is 11.8. The molecule has 1 heterocycles. The third kappa shape index (κ3) is 3.40. The molecule has 1 aromatic carbocycles. The minimum absolute atomic E-state index is 0.413. The molecule has 2 heteroatoms. The standard InChI is InChI=1S/C15H18N2/c1-16-15(14-7-3-2-4-8-14)10-9-13-6-5-11-17-12-13/h2-8,11-12,15-16H,9-10H2,1H3. The molecule has 0 aliphatic heterocycles. The van der Waals surface area contributed by atoms with E-state index in [9.17, 15) is 0 Å². The van der Waals surface area contributed by atoms with Crippen LogP contribution in [0, 0.1) is 0 Å². The maximum Gasteiger partial charge on any atom is 0.0320 e. The second-order valence-corrected chi connectivity index (χ2v) is 4.15. The lowest BCUT2D eigenvalue weighted by Crippen LogP contribution is -2.17. The number of hydrogen-bond donors (Lipinski definition) is 1. The van der Waals surface area contributed by atoms with Gasteiger partial charge in [0, 0.05) is 18.4 Å². The summed E-state index contributed by atoms with van der Waals surface area (Å²) >= 11 is 0. The van der Waals surface area contributed by atoms with Crippen LogP contribution in [0.3, 0.4) is 0 Å². The molecule has 0 radical (unpaired) electrons. The SMILES string of the molecule is CNC(CCc1cccnc1)c1ccccc1. The molecule has 0 spiro atoms. The minimum atomic E-state index is 0.413. The second-order valence-electron chi connectivity index (χ2n) is 4.15. The summed E-state index contributed by atoms with van der Waals surface area (Å²) in [6, 6.07) is 15.1. The zero-order valence-electron chi connectivity index (χ0n) is 10.1. The quantitative estimate of drug-likeness (QED) is 0.847. The third-order valence-electron chi connectivity index (χ3n) is 2.99. The maximum absolute atomic E-state index is 4.14. The normalized spacial score (nSPS) is 12.3. The molecule has 2 aromatic rings. The van der Waals surface area contributed by atoms with Crippen molar-refractivity contribution in [1.82, 2.24) is 10.3 Å². The van der Waals surface area contributed by atoms with Crippen LogP contribution in [0.15, 0.2) is 54.9 Å². The van der Waals surface area contributed by atoms with E-state index >= 15 is 0 Å². The monoisotopic (exact) mass is 226 g/mol. The Kier molecular flexibility index (Phi) is 4.28. The number of pyridine rings is 1. The molecule has 0 saturated heterocycles. The van der Waals surface area contributed by atoms with E-state index in [-0.39, 0.29) is 0 Å². The molecular weight excluding hydrogens is 208 g/mol. The minimum Gasteiger partial charge on any atom is -0.313 e. The highest BCUT2D eigenvalue weighted by molar-refractivity contribution is 5.19. The molecule has 0 fully saturated rings. The summed E-state index contributed by atoms with van der Waals surface area (Å²) in [6.07, 6.45) is 5.90. The summed E-state index contributed by atoms with van der Waals surface area (Å²) in [6.45, 7) is 0. The van der Waals surface area contributed by atoms with Crippen LogP contribution >= 0.6 is 0 Å². The Balaban J connectivity index is 1.97. The predicted octanol–water partition coefficient (Wildman–Crippen LogP) is 2.97. The summed E-state index contributed by atoms with van der Waals surface area (Å²) in [5.41, 5.74) is 2.64. The first-order valence-corrected chi connectivity index (χ1v) is 6.01. The highest BCUT2D eigenvalue weighted by Gasteiger charge is 2.08. The van der Waals surface area contributed by atoms with E-state index < -0.39 is 0 Å². The molecule has 2 nitrogen and oxygen atoms in total. The van der Waals surface area contributed by atoms with Crippen LogP contribution in [0.4, 0.5) is 0 Å². The van der Waals surface area contributed by atoms with Gasteiger partial charge in [-0.2, -0.15) is 0 Å². The second kappa shape index (κ2) is 6.16. The molecule has 0 amide bonds. The van der Waals surface area contributed by atoms with Gasteiger partial charge in [0.15, 0.2) is 0 Å². The molecule has 1 N–H and O–H groups in total. The molecule has 88 valence electrons. The molecule has 17 heavy (non-hydrogen) atoms. The van der Waals surface area contributed by atoms with Gasteiger partial charge in [-0.25, -0.2) is 0 Å². The van der Waals surface area contributed by atoms with Gasteiger partial charge in [-0.15, -0.1) is 0 Å². The number of nitrogens with zero attached hydrogens (tertiary/aromatic N) is 1. The van der Waals surface area contributed by atoms with Crippen LogP contribution in [0.2, 0.25) is 0 Å². The van der Waals surface area contributed by atoms with E-state index in [0.717, 1.165) is 12.8 Å². The lowest BCUT2D eigenvalue weighted by molar-refractivity contribution is 0.549. The van der Waals surface area contributed by atoms with E-state index in [4.69, 9.17) is 0 Å². The van der Waals surface area contributed by atoms with Gasteiger partial charge in [0.1, 0.15) is 0 Å². The van der Waals surface area contributed by atoms with Crippen molar-refractivity contribution in [3.63, 3.8) is 0 Å². The van der Waals surface area contributed by atoms with Crippen molar-refractivity contribution in [1.29, 1.82) is 0 Å². The lowest BCUT2D eigenvalue weighted by Gasteiger charge is -2.16. The van der Waals surface area contributed by atoms with Crippen molar-refractivity contribution < 1.29 is 0 Å². The van der Waals surface area contributed by atoms with Crippen LogP contribution in [-0.2, 0) is 6.42 Å². The fourth-order valence-electron chi connectivity index (χ4n) is 2.02. The van der Waals surface area contributed by atoms with Crippen molar-refractivity contribution >= 4 is 0 Å². The van der Waals surface area contributed by atoms with E-state index in [1.54, 1.807) is 0 Å². The zero-order chi connectivity index (χ0) is 11.9. The van der Waals surface area contributed by atoms with Crippen LogP contribution in [0.1, 0.15) is 23.6 Å². The number of benzene rings is 1. The summed E-state index contributed by atoms with van der Waals surface area (Å²) < 4.78 is 0. The maximum atomic E-state index is 4.14. The average Bonchev–Trinajstić information content (AvgIpc) is 2.42. The van der Waals surface area contributed by atoms with Gasteiger partial charge in [0.2, 0.25) is 0 Å². The van der Waals surface area contributed by atoms with E-state index in [1.165, 1.54) is 11.1 Å². The van der Waals surface area contributed by atoms with Gasteiger partial charge < -0.3 is 5.32 Å². The van der Waals surface area contributed by atoms with E-state index in [2.05, 4.69) is 46.7 Å². The third-order valence-corrected chi connectivity index (χ3v) is 2.99.